The molecule has 2 aromatic carbocycles. The molecule has 0 saturated carbocycles. The summed E-state index contributed by atoms with van der Waals surface area (Å²) < 4.78 is 9.56. The number of rotatable bonds is 17. The van der Waals surface area contributed by atoms with E-state index >= 15 is 0 Å². The minimum absolute atomic E-state index is 0.0625. The number of benzene rings is 2. The second-order valence-corrected chi connectivity index (χ2v) is 20.3. The molecule has 2 unspecified atom stereocenters. The lowest BCUT2D eigenvalue weighted by Crippen LogP contribution is -2.54. The molecule has 0 fully saturated rings. The van der Waals surface area contributed by atoms with Gasteiger partial charge >= 0.3 is 12.2 Å². The van der Waals surface area contributed by atoms with E-state index < -0.39 is 29.9 Å². The van der Waals surface area contributed by atoms with E-state index in [0.29, 0.717) is 51.9 Å². The van der Waals surface area contributed by atoms with Gasteiger partial charge in [-0.2, -0.15) is 10.2 Å². The van der Waals surface area contributed by atoms with Gasteiger partial charge in [-0.15, -0.1) is 0 Å². The van der Waals surface area contributed by atoms with Crippen molar-refractivity contribution in [2.45, 2.75) is 89.3 Å². The van der Waals surface area contributed by atoms with E-state index in [1.807, 2.05) is 87.1 Å². The van der Waals surface area contributed by atoms with Gasteiger partial charge in [0, 0.05) is 60.5 Å². The first-order chi connectivity index (χ1) is 32.9. The van der Waals surface area contributed by atoms with Crippen LogP contribution in [0.2, 0.25) is 0 Å². The Morgan fingerprint density at radius 1 is 0.647 bits per heavy atom. The maximum Gasteiger partial charge on any atom is 0.408 e. The summed E-state index contributed by atoms with van der Waals surface area (Å²) in [5.74, 6) is -0.463. The van der Waals surface area contributed by atoms with Crippen LogP contribution in [0.1, 0.15) is 68.2 Å². The number of carbonyl (C=O) groups is 4. The van der Waals surface area contributed by atoms with Crippen molar-refractivity contribution in [1.29, 1.82) is 0 Å². The van der Waals surface area contributed by atoms with Crippen molar-refractivity contribution in [1.82, 2.24) is 50.0 Å². The molecular formula is C50H56N10O6S2. The molecule has 6 aromatic rings. The Balaban J connectivity index is 1.00. The molecule has 2 aliphatic rings. The Bertz CT molecular complexity index is 2650. The van der Waals surface area contributed by atoms with Crippen LogP contribution in [0.5, 0.6) is 0 Å². The van der Waals surface area contributed by atoms with Gasteiger partial charge in [-0.05, 0) is 94.0 Å². The second kappa shape index (κ2) is 22.0. The van der Waals surface area contributed by atoms with Gasteiger partial charge in [0.25, 0.3) is 0 Å². The molecule has 0 saturated heterocycles. The first-order valence-electron chi connectivity index (χ1n) is 22.8. The highest BCUT2D eigenvalue weighted by molar-refractivity contribution is 8.76. The van der Waals surface area contributed by atoms with Crippen molar-refractivity contribution < 1.29 is 29.0 Å². The van der Waals surface area contributed by atoms with E-state index in [1.165, 1.54) is 21.6 Å². The summed E-state index contributed by atoms with van der Waals surface area (Å²) in [4.78, 5) is 67.2. The van der Waals surface area contributed by atoms with E-state index in [9.17, 15) is 24.3 Å². The SMILES string of the molecule is CC(C)(C)OC(=O)N[C@@H](CSSC[C@H](NC(=O)O)C(=O)N1CCn2nc(-c3ccncc3)cc2C1CCc1ccccc1)C(=O)N1CCn2nc(-c3ccncc3)cc2C1CCc1ccccc1. The number of nitrogens with zero attached hydrogens (tertiary/aromatic N) is 8. The first kappa shape index (κ1) is 47.8. The van der Waals surface area contributed by atoms with Gasteiger partial charge < -0.3 is 30.3 Å². The number of hydrogen-bond donors (Lipinski definition) is 3. The highest BCUT2D eigenvalue weighted by Gasteiger charge is 2.39. The Labute approximate surface area is 403 Å². The van der Waals surface area contributed by atoms with E-state index in [4.69, 9.17) is 14.9 Å². The number of carboxylic acid groups (broad SMARTS) is 1. The number of alkyl carbamates (subject to hydrolysis) is 1. The fraction of sp³-hybridized carbons (Fsp3) is 0.360. The van der Waals surface area contributed by atoms with Crippen molar-refractivity contribution in [3.63, 3.8) is 0 Å². The molecule has 6 heterocycles. The summed E-state index contributed by atoms with van der Waals surface area (Å²) in [5, 5.41) is 25.2. The zero-order chi connectivity index (χ0) is 47.6. The zero-order valence-corrected chi connectivity index (χ0v) is 39.9. The van der Waals surface area contributed by atoms with Gasteiger partial charge in [-0.1, -0.05) is 82.3 Å². The summed E-state index contributed by atoms with van der Waals surface area (Å²) in [6.07, 6.45) is 7.41. The number of pyridine rings is 2. The molecule has 354 valence electrons. The molecule has 2 aliphatic heterocycles. The fourth-order valence-electron chi connectivity index (χ4n) is 8.73. The van der Waals surface area contributed by atoms with E-state index in [-0.39, 0.29) is 35.4 Å². The van der Waals surface area contributed by atoms with E-state index in [1.54, 1.807) is 50.5 Å². The molecule has 4 amide bonds. The largest absolute Gasteiger partial charge is 0.465 e. The third kappa shape index (κ3) is 12.1. The Morgan fingerprint density at radius 2 is 1.07 bits per heavy atom. The van der Waals surface area contributed by atoms with Crippen molar-refractivity contribution in [3.05, 3.63) is 144 Å². The highest BCUT2D eigenvalue weighted by Crippen LogP contribution is 2.36. The average Bonchev–Trinajstić information content (AvgIpc) is 3.99. The molecule has 0 spiro atoms. The third-order valence-corrected chi connectivity index (χ3v) is 14.3. The van der Waals surface area contributed by atoms with Crippen LogP contribution in [-0.4, -0.2) is 111 Å². The van der Waals surface area contributed by atoms with Crippen molar-refractivity contribution >= 4 is 45.6 Å². The number of fused-ring (bicyclic) bond motifs is 2. The predicted octanol–water partition coefficient (Wildman–Crippen LogP) is 7.85. The molecule has 0 radical (unpaired) electrons. The van der Waals surface area contributed by atoms with Crippen LogP contribution in [0.3, 0.4) is 0 Å². The molecular weight excluding hydrogens is 901 g/mol. The lowest BCUT2D eigenvalue weighted by molar-refractivity contribution is -0.137. The van der Waals surface area contributed by atoms with E-state index in [0.717, 1.165) is 45.0 Å². The monoisotopic (exact) mass is 956 g/mol. The van der Waals surface area contributed by atoms with Crippen molar-refractivity contribution in [2.75, 3.05) is 24.6 Å². The number of hydrogen-bond acceptors (Lipinski definition) is 11. The van der Waals surface area contributed by atoms with Gasteiger partial charge in [0.1, 0.15) is 17.7 Å². The quantitative estimate of drug-likeness (QED) is 0.0594. The Kier molecular flexibility index (Phi) is 15.5. The maximum atomic E-state index is 14.9. The topological polar surface area (TPSA) is 190 Å². The molecule has 0 bridgehead atoms. The molecule has 0 aliphatic carbocycles. The lowest BCUT2D eigenvalue weighted by atomic mass is 9.98. The first-order valence-corrected chi connectivity index (χ1v) is 25.3. The van der Waals surface area contributed by atoms with Crippen LogP contribution < -0.4 is 10.6 Å². The normalized spacial score (nSPS) is 16.5. The molecule has 4 atom stereocenters. The van der Waals surface area contributed by atoms with Gasteiger partial charge in [-0.3, -0.25) is 28.9 Å². The Morgan fingerprint density at radius 3 is 1.49 bits per heavy atom. The predicted molar refractivity (Wildman–Crippen MR) is 262 cm³/mol. The summed E-state index contributed by atoms with van der Waals surface area (Å²) in [5.41, 5.74) is 6.56. The molecule has 3 N–H and O–H groups in total. The standard InChI is InChI=1S/C50H56N10O6S2/c1-50(2,3)66-49(65)54-41(47(62)58-27-29-60-45(31-39(56-60)37-20-24-52-25-21-37)43(58)17-15-35-12-8-5-9-13-35)33-68-67-32-40(53-48(63)64)46(61)57-26-28-59-44(30-38(55-59)36-18-22-51-23-19-36)42(57)16-14-34-10-6-4-7-11-34/h4-13,18-25,30-31,40-43,53H,14-17,26-29,32-33H2,1-3H3,(H,54,65)(H,63,64)/t40-,41-,42?,43?/m0/s1. The fourth-order valence-corrected chi connectivity index (χ4v) is 11.0. The average molecular weight is 957 g/mol. The zero-order valence-electron chi connectivity index (χ0n) is 38.3. The number of amides is 4. The van der Waals surface area contributed by atoms with Gasteiger partial charge in [0.05, 0.1) is 47.9 Å². The molecule has 18 heteroatoms. The third-order valence-electron chi connectivity index (χ3n) is 11.9. The summed E-state index contributed by atoms with van der Waals surface area (Å²) in [6.45, 7) is 6.85. The minimum atomic E-state index is -1.32. The molecule has 68 heavy (non-hydrogen) atoms. The van der Waals surface area contributed by atoms with Crippen LogP contribution in [0.15, 0.2) is 122 Å². The Hall–Kier alpha value is -6.66. The van der Waals surface area contributed by atoms with Crippen LogP contribution in [-0.2, 0) is 40.3 Å². The molecule has 8 rings (SSSR count). The van der Waals surface area contributed by atoms with Gasteiger partial charge in [0.15, 0.2) is 0 Å². The van der Waals surface area contributed by atoms with E-state index in [2.05, 4.69) is 44.9 Å². The van der Waals surface area contributed by atoms with Crippen LogP contribution in [0, 0.1) is 0 Å². The van der Waals surface area contributed by atoms with Crippen molar-refractivity contribution in [2.24, 2.45) is 0 Å². The summed E-state index contributed by atoms with van der Waals surface area (Å²) in [7, 11) is 2.54. The number of nitrogens with one attached hydrogen (secondary N) is 2. The molecule has 16 nitrogen and oxygen atoms in total. The van der Waals surface area contributed by atoms with Crippen LogP contribution >= 0.6 is 21.6 Å². The highest BCUT2D eigenvalue weighted by atomic mass is 33.1. The summed E-state index contributed by atoms with van der Waals surface area (Å²) >= 11 is 0. The minimum Gasteiger partial charge on any atom is -0.465 e. The number of carbonyl (C=O) groups excluding carboxylic acids is 3. The molecule has 4 aromatic heterocycles. The van der Waals surface area contributed by atoms with Crippen molar-refractivity contribution in [3.8, 4) is 22.5 Å². The number of ether oxygens (including phenoxy) is 1. The van der Waals surface area contributed by atoms with Gasteiger partial charge in [0.2, 0.25) is 11.8 Å². The number of aromatic nitrogens is 6. The van der Waals surface area contributed by atoms with Crippen LogP contribution in [0.25, 0.3) is 22.5 Å². The summed E-state index contributed by atoms with van der Waals surface area (Å²) in [6, 6.07) is 28.9. The van der Waals surface area contributed by atoms with Gasteiger partial charge in [-0.25, -0.2) is 9.59 Å². The maximum absolute atomic E-state index is 14.9. The lowest BCUT2D eigenvalue weighted by Gasteiger charge is -2.38. The van der Waals surface area contributed by atoms with Crippen LogP contribution in [0.4, 0.5) is 9.59 Å². The smallest absolute Gasteiger partial charge is 0.408 e. The number of aryl methyl sites for hydroxylation is 2. The second-order valence-electron chi connectivity index (χ2n) is 17.7.